The molecule has 1 amide bonds. The molecule has 0 unspecified atom stereocenters. The van der Waals surface area contributed by atoms with Crippen LogP contribution in [-0.4, -0.2) is 71.7 Å². The highest BCUT2D eigenvalue weighted by molar-refractivity contribution is 7.92. The van der Waals surface area contributed by atoms with Crippen LogP contribution in [0.3, 0.4) is 0 Å². The molecule has 3 heterocycles. The number of benzene rings is 2. The van der Waals surface area contributed by atoms with Crippen molar-refractivity contribution >= 4 is 32.7 Å². The number of aryl methyl sites for hydroxylation is 1. The van der Waals surface area contributed by atoms with E-state index in [2.05, 4.69) is 9.71 Å². The molecule has 0 atom stereocenters. The number of amides is 1. The van der Waals surface area contributed by atoms with E-state index in [1.807, 2.05) is 58.9 Å². The van der Waals surface area contributed by atoms with Gasteiger partial charge in [0.2, 0.25) is 10.0 Å². The molecule has 13 heteroatoms. The number of H-pyrrole nitrogens is 1. The predicted molar refractivity (Wildman–Crippen MR) is 195 cm³/mol. The van der Waals surface area contributed by atoms with Crippen LogP contribution in [0.5, 0.6) is 17.2 Å². The molecular weight excluding hydrogens is 660 g/mol. The van der Waals surface area contributed by atoms with Crippen molar-refractivity contribution in [2.75, 3.05) is 30.2 Å². The lowest BCUT2D eigenvalue weighted by Gasteiger charge is -2.34. The molecular formula is C37H48N4O8S. The smallest absolute Gasteiger partial charge is 0.410 e. The van der Waals surface area contributed by atoms with Gasteiger partial charge in [-0.2, -0.15) is 0 Å². The number of carbonyl (C=O) groups excluding carboxylic acids is 1. The molecule has 2 aromatic carbocycles. The average Bonchev–Trinajstić information content (AvgIpc) is 3.53. The van der Waals surface area contributed by atoms with Gasteiger partial charge in [0.25, 0.3) is 5.56 Å². The monoisotopic (exact) mass is 708 g/mol. The number of aromatic nitrogens is 2. The number of nitrogens with one attached hydrogen (secondary N) is 2. The number of rotatable bonds is 12. The number of carbonyl (C=O) groups is 1. The highest BCUT2D eigenvalue weighted by atomic mass is 32.2. The Kier molecular flexibility index (Phi) is 10.9. The first-order valence-electron chi connectivity index (χ1n) is 16.9. The van der Waals surface area contributed by atoms with Crippen LogP contribution in [-0.2, 0) is 26.5 Å². The summed E-state index contributed by atoms with van der Waals surface area (Å²) in [5.74, 6) is 1.52. The van der Waals surface area contributed by atoms with Gasteiger partial charge in [0, 0.05) is 67.2 Å². The summed E-state index contributed by atoms with van der Waals surface area (Å²) in [6, 6.07) is 14.2. The van der Waals surface area contributed by atoms with Gasteiger partial charge < -0.3 is 33.4 Å². The number of pyridine rings is 1. The maximum Gasteiger partial charge on any atom is 0.410 e. The number of hydrogen-bond acceptors (Lipinski definition) is 8. The SMILES string of the molecule is CCS(=O)(=O)Nc1ccc(Oc2cccc(OC(C)(C)CCOC3CCN(C(=O)OC(C)(C)C)CC3)c2)c(-c2cn(C)c(=O)c3[nH]ccc23)c1. The number of ether oxygens (including phenoxy) is 4. The molecule has 0 saturated carbocycles. The lowest BCUT2D eigenvalue weighted by Crippen LogP contribution is -2.43. The largest absolute Gasteiger partial charge is 0.488 e. The third kappa shape index (κ3) is 9.39. The number of piperidine rings is 1. The van der Waals surface area contributed by atoms with Gasteiger partial charge in [-0.05, 0) is 90.8 Å². The second kappa shape index (κ2) is 14.8. The van der Waals surface area contributed by atoms with E-state index < -0.39 is 21.2 Å². The summed E-state index contributed by atoms with van der Waals surface area (Å²) in [6.07, 6.45) is 5.34. The van der Waals surface area contributed by atoms with Crippen LogP contribution in [0.4, 0.5) is 10.5 Å². The minimum Gasteiger partial charge on any atom is -0.488 e. The summed E-state index contributed by atoms with van der Waals surface area (Å²) >= 11 is 0. The third-order valence-corrected chi connectivity index (χ3v) is 9.70. The Morgan fingerprint density at radius 2 is 1.72 bits per heavy atom. The highest BCUT2D eigenvalue weighted by Gasteiger charge is 2.28. The van der Waals surface area contributed by atoms with Crippen LogP contribution < -0.4 is 19.8 Å². The first kappa shape index (κ1) is 36.8. The topological polar surface area (TPSA) is 141 Å². The van der Waals surface area contributed by atoms with Crippen molar-refractivity contribution in [1.82, 2.24) is 14.5 Å². The fourth-order valence-corrected chi connectivity index (χ4v) is 6.36. The number of nitrogens with zero attached hydrogens (tertiary/aromatic N) is 2. The van der Waals surface area contributed by atoms with E-state index >= 15 is 0 Å². The first-order valence-corrected chi connectivity index (χ1v) is 18.6. The van der Waals surface area contributed by atoms with E-state index in [0.29, 0.717) is 71.1 Å². The number of hydrogen-bond donors (Lipinski definition) is 2. The highest BCUT2D eigenvalue weighted by Crippen LogP contribution is 2.39. The van der Waals surface area contributed by atoms with Gasteiger partial charge >= 0.3 is 6.09 Å². The summed E-state index contributed by atoms with van der Waals surface area (Å²) in [6.45, 7) is 12.9. The quantitative estimate of drug-likeness (QED) is 0.160. The van der Waals surface area contributed by atoms with Crippen molar-refractivity contribution < 1.29 is 32.2 Å². The van der Waals surface area contributed by atoms with Gasteiger partial charge in [-0.15, -0.1) is 0 Å². The maximum atomic E-state index is 12.8. The lowest BCUT2D eigenvalue weighted by molar-refractivity contribution is -0.0253. The van der Waals surface area contributed by atoms with Gasteiger partial charge in [0.1, 0.15) is 34.0 Å². The standard InChI is InChI=1S/C37H48N4O8S/c1-8-50(44,45)39-25-12-13-32(30(22-25)31-24-40(7)34(42)33-29(31)14-18-38-33)47-27-10-9-11-28(23-27)48-37(5,6)17-21-46-26-15-19-41(20-16-26)35(43)49-36(2,3)4/h9-14,18,22-24,26,38-39H,8,15-17,19-21H2,1-7H3. The van der Waals surface area contributed by atoms with Crippen LogP contribution in [0.15, 0.2) is 65.7 Å². The van der Waals surface area contributed by atoms with Crippen LogP contribution in [0.2, 0.25) is 0 Å². The van der Waals surface area contributed by atoms with Crippen LogP contribution in [0.25, 0.3) is 22.0 Å². The Balaban J connectivity index is 1.27. The Bertz CT molecular complexity index is 1990. The Labute approximate surface area is 293 Å². The molecule has 4 aromatic rings. The molecule has 0 bridgehead atoms. The van der Waals surface area contributed by atoms with Gasteiger partial charge in [-0.1, -0.05) is 6.07 Å². The number of sulfonamides is 1. The van der Waals surface area contributed by atoms with E-state index in [1.54, 1.807) is 55.5 Å². The zero-order valence-corrected chi connectivity index (χ0v) is 30.7. The molecule has 5 rings (SSSR count). The van der Waals surface area contributed by atoms with Crippen molar-refractivity contribution in [2.24, 2.45) is 7.05 Å². The van der Waals surface area contributed by atoms with Gasteiger partial charge in [0.15, 0.2) is 0 Å². The fourth-order valence-electron chi connectivity index (χ4n) is 5.73. The molecule has 2 N–H and O–H groups in total. The van der Waals surface area contributed by atoms with Crippen molar-refractivity contribution in [3.05, 3.63) is 71.3 Å². The Morgan fingerprint density at radius 1 is 1.00 bits per heavy atom. The molecule has 0 aliphatic carbocycles. The van der Waals surface area contributed by atoms with Crippen molar-refractivity contribution in [2.45, 2.75) is 78.1 Å². The van der Waals surface area contributed by atoms with Crippen LogP contribution in [0, 0.1) is 0 Å². The minimum absolute atomic E-state index is 0.0682. The average molecular weight is 709 g/mol. The summed E-state index contributed by atoms with van der Waals surface area (Å²) in [7, 11) is -1.87. The number of anilines is 1. The second-order valence-corrected chi connectivity index (χ2v) is 16.2. The van der Waals surface area contributed by atoms with Crippen LogP contribution >= 0.6 is 0 Å². The lowest BCUT2D eigenvalue weighted by atomic mass is 10.0. The van der Waals surface area contributed by atoms with E-state index in [-0.39, 0.29) is 23.5 Å². The molecule has 1 fully saturated rings. The molecule has 12 nitrogen and oxygen atoms in total. The van der Waals surface area contributed by atoms with Crippen molar-refractivity contribution in [1.29, 1.82) is 0 Å². The zero-order chi connectivity index (χ0) is 36.3. The van der Waals surface area contributed by atoms with Gasteiger partial charge in [-0.25, -0.2) is 13.2 Å². The second-order valence-electron chi connectivity index (χ2n) is 14.2. The van der Waals surface area contributed by atoms with Crippen molar-refractivity contribution in [3.8, 4) is 28.4 Å². The number of likely N-dealkylation sites (tertiary alicyclic amines) is 1. The predicted octanol–water partition coefficient (Wildman–Crippen LogP) is 7.05. The molecule has 1 aliphatic rings. The van der Waals surface area contributed by atoms with Gasteiger partial charge in [-0.3, -0.25) is 9.52 Å². The zero-order valence-electron chi connectivity index (χ0n) is 29.9. The Hall–Kier alpha value is -4.49. The molecule has 1 saturated heterocycles. The minimum atomic E-state index is -3.53. The summed E-state index contributed by atoms with van der Waals surface area (Å²) in [5, 5.41) is 0.683. The number of fused-ring (bicyclic) bond motifs is 1. The summed E-state index contributed by atoms with van der Waals surface area (Å²) in [4.78, 5) is 29.9. The summed E-state index contributed by atoms with van der Waals surface area (Å²) in [5.41, 5.74) is 0.857. The molecule has 1 aliphatic heterocycles. The first-order chi connectivity index (χ1) is 23.5. The van der Waals surface area contributed by atoms with E-state index in [9.17, 15) is 18.0 Å². The normalized spacial score (nSPS) is 14.5. The molecule has 0 radical (unpaired) electrons. The van der Waals surface area contributed by atoms with Gasteiger partial charge in [0.05, 0.1) is 18.5 Å². The molecule has 2 aromatic heterocycles. The Morgan fingerprint density at radius 3 is 2.42 bits per heavy atom. The van der Waals surface area contributed by atoms with E-state index in [0.717, 1.165) is 12.8 Å². The maximum absolute atomic E-state index is 12.8. The van der Waals surface area contributed by atoms with E-state index in [1.165, 1.54) is 4.57 Å². The van der Waals surface area contributed by atoms with E-state index in [4.69, 9.17) is 18.9 Å². The fraction of sp³-hybridized carbons (Fsp3) is 0.459. The third-order valence-electron chi connectivity index (χ3n) is 8.40. The van der Waals surface area contributed by atoms with Crippen molar-refractivity contribution in [3.63, 3.8) is 0 Å². The molecule has 50 heavy (non-hydrogen) atoms. The molecule has 270 valence electrons. The summed E-state index contributed by atoms with van der Waals surface area (Å²) < 4.78 is 53.4. The number of aromatic amines is 1. The molecule has 0 spiro atoms. The van der Waals surface area contributed by atoms with Crippen LogP contribution in [0.1, 0.15) is 60.8 Å².